The third kappa shape index (κ3) is 2.57. The van der Waals surface area contributed by atoms with E-state index in [0.717, 1.165) is 22.6 Å². The number of hydrogen-bond acceptors (Lipinski definition) is 6. The number of rotatable bonds is 4. The van der Waals surface area contributed by atoms with Crippen LogP contribution in [0.1, 0.15) is 11.8 Å². The van der Waals surface area contributed by atoms with E-state index in [1.807, 2.05) is 10.8 Å². The summed E-state index contributed by atoms with van der Waals surface area (Å²) >= 11 is 1.63. The number of hydrogen-bond donors (Lipinski definition) is 2. The normalized spacial score (nSPS) is 12.7. The van der Waals surface area contributed by atoms with Gasteiger partial charge in [0.15, 0.2) is 0 Å². The van der Waals surface area contributed by atoms with Crippen LogP contribution < -0.4 is 11.1 Å². The molecule has 3 aromatic rings. The maximum Gasteiger partial charge on any atom is 0.223 e. The zero-order chi connectivity index (χ0) is 14.1. The molecule has 0 spiro atoms. The molecule has 0 saturated heterocycles. The molecule has 0 saturated carbocycles. The lowest BCUT2D eigenvalue weighted by Gasteiger charge is -2.15. The van der Waals surface area contributed by atoms with Crippen LogP contribution >= 0.6 is 11.3 Å². The summed E-state index contributed by atoms with van der Waals surface area (Å²) in [6, 6.07) is 2.30. The highest BCUT2D eigenvalue weighted by Crippen LogP contribution is 2.29. The van der Waals surface area contributed by atoms with Gasteiger partial charge in [-0.2, -0.15) is 4.98 Å². The van der Waals surface area contributed by atoms with Crippen LogP contribution in [0.5, 0.6) is 0 Å². The van der Waals surface area contributed by atoms with Gasteiger partial charge in [0.2, 0.25) is 5.95 Å². The highest BCUT2D eigenvalue weighted by Gasteiger charge is 2.11. The zero-order valence-corrected chi connectivity index (χ0v) is 12.2. The van der Waals surface area contributed by atoms with Crippen molar-refractivity contribution in [2.24, 2.45) is 0 Å². The van der Waals surface area contributed by atoms with Gasteiger partial charge >= 0.3 is 0 Å². The number of thiophene rings is 1. The molecule has 0 aliphatic heterocycles. The lowest BCUT2D eigenvalue weighted by Crippen LogP contribution is -2.22. The zero-order valence-electron chi connectivity index (χ0n) is 11.4. The minimum atomic E-state index is 0.210. The Kier molecular flexibility index (Phi) is 3.27. The second-order valence-corrected chi connectivity index (χ2v) is 6.05. The number of nitrogens with one attached hydrogen (secondary N) is 1. The molecule has 1 unspecified atom stereocenters. The number of aromatic nitrogens is 4. The summed E-state index contributed by atoms with van der Waals surface area (Å²) in [5.41, 5.74) is 5.77. The van der Waals surface area contributed by atoms with E-state index >= 15 is 0 Å². The number of nitrogens with two attached hydrogens (primary N) is 1. The minimum absolute atomic E-state index is 0.210. The summed E-state index contributed by atoms with van der Waals surface area (Å²) in [5, 5.41) is 4.43. The van der Waals surface area contributed by atoms with E-state index in [0.29, 0.717) is 5.95 Å². The Morgan fingerprint density at radius 3 is 3.05 bits per heavy atom. The van der Waals surface area contributed by atoms with Crippen LogP contribution in [0.2, 0.25) is 0 Å². The van der Waals surface area contributed by atoms with Crippen molar-refractivity contribution in [2.75, 3.05) is 11.1 Å². The summed E-state index contributed by atoms with van der Waals surface area (Å²) in [7, 11) is 0. The van der Waals surface area contributed by atoms with Crippen LogP contribution in [0.15, 0.2) is 24.8 Å². The van der Waals surface area contributed by atoms with Gasteiger partial charge in [-0.25, -0.2) is 9.97 Å². The van der Waals surface area contributed by atoms with Crippen molar-refractivity contribution in [3.05, 3.63) is 29.7 Å². The Morgan fingerprint density at radius 1 is 1.45 bits per heavy atom. The van der Waals surface area contributed by atoms with E-state index in [4.69, 9.17) is 5.73 Å². The van der Waals surface area contributed by atoms with Crippen molar-refractivity contribution in [1.82, 2.24) is 19.5 Å². The van der Waals surface area contributed by atoms with Crippen LogP contribution in [-0.2, 0) is 6.54 Å². The third-order valence-corrected chi connectivity index (χ3v) is 3.90. The summed E-state index contributed by atoms with van der Waals surface area (Å²) < 4.78 is 2.03. The molecule has 0 radical (unpaired) electrons. The average Bonchev–Trinajstić information content (AvgIpc) is 2.97. The number of anilines is 2. The van der Waals surface area contributed by atoms with Crippen LogP contribution in [0.4, 0.5) is 11.8 Å². The molecule has 3 heterocycles. The van der Waals surface area contributed by atoms with E-state index in [-0.39, 0.29) is 6.04 Å². The van der Waals surface area contributed by atoms with Crippen LogP contribution in [0, 0.1) is 6.92 Å². The van der Waals surface area contributed by atoms with E-state index in [1.54, 1.807) is 23.9 Å². The summed E-state index contributed by atoms with van der Waals surface area (Å²) in [5.74, 6) is 1.10. The molecule has 6 nitrogen and oxygen atoms in total. The summed E-state index contributed by atoms with van der Waals surface area (Å²) in [6.45, 7) is 4.97. The van der Waals surface area contributed by atoms with Gasteiger partial charge in [0.25, 0.3) is 0 Å². The largest absolute Gasteiger partial charge is 0.368 e. The topological polar surface area (TPSA) is 81.7 Å². The van der Waals surface area contributed by atoms with Gasteiger partial charge in [0.1, 0.15) is 10.6 Å². The van der Waals surface area contributed by atoms with Gasteiger partial charge in [0.05, 0.1) is 11.7 Å². The quantitative estimate of drug-likeness (QED) is 0.769. The van der Waals surface area contributed by atoms with Gasteiger partial charge in [-0.15, -0.1) is 11.3 Å². The first-order valence-corrected chi connectivity index (χ1v) is 7.19. The number of nitrogen functional groups attached to an aromatic ring is 1. The first kappa shape index (κ1) is 12.9. The molecule has 3 rings (SSSR count). The van der Waals surface area contributed by atoms with E-state index in [2.05, 4.69) is 40.2 Å². The molecular weight excluding hydrogens is 272 g/mol. The molecule has 0 aliphatic rings. The number of aryl methyl sites for hydroxylation is 1. The Hall–Kier alpha value is -2.15. The first-order valence-electron chi connectivity index (χ1n) is 6.38. The highest BCUT2D eigenvalue weighted by atomic mass is 32.1. The molecule has 0 amide bonds. The Balaban J connectivity index is 1.86. The van der Waals surface area contributed by atoms with Crippen LogP contribution in [0.3, 0.4) is 0 Å². The molecule has 104 valence electrons. The predicted molar refractivity (Wildman–Crippen MR) is 81.9 cm³/mol. The number of imidazole rings is 1. The molecule has 3 N–H and O–H groups in total. The van der Waals surface area contributed by atoms with E-state index in [1.165, 1.54) is 4.88 Å². The first-order chi connectivity index (χ1) is 9.61. The maximum atomic E-state index is 5.77. The molecule has 0 aromatic carbocycles. The smallest absolute Gasteiger partial charge is 0.223 e. The van der Waals surface area contributed by atoms with Crippen molar-refractivity contribution in [3.8, 4) is 0 Å². The van der Waals surface area contributed by atoms with Crippen molar-refractivity contribution >= 4 is 33.3 Å². The van der Waals surface area contributed by atoms with Gasteiger partial charge < -0.3 is 15.6 Å². The monoisotopic (exact) mass is 288 g/mol. The summed E-state index contributed by atoms with van der Waals surface area (Å²) in [4.78, 5) is 14.8. The third-order valence-electron chi connectivity index (χ3n) is 2.96. The van der Waals surface area contributed by atoms with Gasteiger partial charge in [-0.3, -0.25) is 0 Å². The second-order valence-electron chi connectivity index (χ2n) is 4.81. The van der Waals surface area contributed by atoms with Gasteiger partial charge in [-0.1, -0.05) is 0 Å². The Morgan fingerprint density at radius 2 is 2.30 bits per heavy atom. The lowest BCUT2D eigenvalue weighted by molar-refractivity contribution is 0.617. The molecule has 1 atom stereocenters. The fourth-order valence-electron chi connectivity index (χ4n) is 2.16. The fourth-order valence-corrected chi connectivity index (χ4v) is 3.04. The van der Waals surface area contributed by atoms with Crippen molar-refractivity contribution in [1.29, 1.82) is 0 Å². The number of fused-ring (bicyclic) bond motifs is 1. The lowest BCUT2D eigenvalue weighted by atomic mass is 10.3. The molecule has 3 aromatic heterocycles. The van der Waals surface area contributed by atoms with Crippen molar-refractivity contribution in [3.63, 3.8) is 0 Å². The molecule has 20 heavy (non-hydrogen) atoms. The Bertz CT molecular complexity index is 718. The average molecular weight is 288 g/mol. The van der Waals surface area contributed by atoms with Crippen LogP contribution in [0.25, 0.3) is 10.2 Å². The predicted octanol–water partition coefficient (Wildman–Crippen LogP) is 2.28. The minimum Gasteiger partial charge on any atom is -0.368 e. The molecule has 0 bridgehead atoms. The van der Waals surface area contributed by atoms with Gasteiger partial charge in [0, 0.05) is 29.9 Å². The van der Waals surface area contributed by atoms with Crippen LogP contribution in [-0.4, -0.2) is 25.6 Å². The highest BCUT2D eigenvalue weighted by molar-refractivity contribution is 7.18. The fraction of sp³-hybridized carbons (Fsp3) is 0.308. The van der Waals surface area contributed by atoms with Crippen molar-refractivity contribution < 1.29 is 0 Å². The molecule has 7 heteroatoms. The number of nitrogens with zero attached hydrogens (tertiary/aromatic N) is 4. The standard InChI is InChI=1S/C13H16N6S/c1-8(6-19-4-3-15-7-19)16-11-10-5-9(2)20-12(10)18-13(14)17-11/h3-5,7-8H,6H2,1-2H3,(H3,14,16,17,18). The second kappa shape index (κ2) is 5.09. The molecule has 0 aliphatic carbocycles. The van der Waals surface area contributed by atoms with E-state index in [9.17, 15) is 0 Å². The van der Waals surface area contributed by atoms with Crippen molar-refractivity contribution in [2.45, 2.75) is 26.4 Å². The Labute approximate surface area is 120 Å². The maximum absolute atomic E-state index is 5.77. The molecular formula is C13H16N6S. The van der Waals surface area contributed by atoms with Gasteiger partial charge in [-0.05, 0) is 19.9 Å². The van der Waals surface area contributed by atoms with E-state index < -0.39 is 0 Å². The molecule has 0 fully saturated rings. The SMILES string of the molecule is Cc1cc2c(NC(C)Cn3ccnc3)nc(N)nc2s1. The summed E-state index contributed by atoms with van der Waals surface area (Å²) in [6.07, 6.45) is 5.52.